The molecule has 1 heterocycles. The number of methoxy groups -OCH3 is 1. The highest BCUT2D eigenvalue weighted by molar-refractivity contribution is 6.42. The van der Waals surface area contributed by atoms with Gasteiger partial charge < -0.3 is 19.3 Å². The molecule has 4 rings (SSSR count). The molecule has 0 radical (unpaired) electrons. The maximum Gasteiger partial charge on any atom is 0.411 e. The number of hydrogen-bond donors (Lipinski definition) is 1. The standard InChI is InChI=1S/C29H22Cl2F3NO5/c1-38-21-9-10-26(22(13-21)28(36)37)39-15-27(40-16-29(32,33)34)19-4-2-3-17(11-19)5-7-20-8-6-18-12-23(30)24(31)14-25(18)35-20/h2-14,27H,15-16H2,1H3,(H,36,37)/b7-5+/t27-/m0/s1. The van der Waals surface area contributed by atoms with Crippen LogP contribution in [-0.2, 0) is 4.74 Å². The van der Waals surface area contributed by atoms with Crippen molar-refractivity contribution in [2.75, 3.05) is 20.3 Å². The third kappa shape index (κ3) is 7.65. The molecule has 11 heteroatoms. The third-order valence-corrected chi connectivity index (χ3v) is 6.46. The monoisotopic (exact) mass is 591 g/mol. The molecule has 0 aliphatic rings. The number of hydrogen-bond acceptors (Lipinski definition) is 5. The first kappa shape index (κ1) is 29.2. The maximum absolute atomic E-state index is 13.0. The summed E-state index contributed by atoms with van der Waals surface area (Å²) in [7, 11) is 1.38. The number of aromatic carboxylic acids is 1. The Labute approximate surface area is 237 Å². The van der Waals surface area contributed by atoms with Gasteiger partial charge in [-0.3, -0.25) is 0 Å². The predicted octanol–water partition coefficient (Wildman–Crippen LogP) is 8.12. The van der Waals surface area contributed by atoms with E-state index in [1.807, 2.05) is 6.07 Å². The molecule has 0 bridgehead atoms. The van der Waals surface area contributed by atoms with E-state index in [9.17, 15) is 23.1 Å². The number of alkyl halides is 3. The molecule has 0 saturated carbocycles. The van der Waals surface area contributed by atoms with Crippen LogP contribution < -0.4 is 9.47 Å². The van der Waals surface area contributed by atoms with Crippen LogP contribution in [0.3, 0.4) is 0 Å². The number of carbonyl (C=O) groups is 1. The van der Waals surface area contributed by atoms with E-state index in [0.29, 0.717) is 38.1 Å². The Balaban J connectivity index is 1.57. The Morgan fingerprint density at radius 3 is 2.52 bits per heavy atom. The number of halogens is 5. The predicted molar refractivity (Wildman–Crippen MR) is 147 cm³/mol. The first-order valence-corrected chi connectivity index (χ1v) is 12.5. The lowest BCUT2D eigenvalue weighted by Crippen LogP contribution is -2.23. The molecule has 208 valence electrons. The van der Waals surface area contributed by atoms with Crippen molar-refractivity contribution in [3.8, 4) is 11.5 Å². The molecule has 1 atom stereocenters. The summed E-state index contributed by atoms with van der Waals surface area (Å²) in [6.07, 6.45) is -2.22. The second-order valence-electron chi connectivity index (χ2n) is 8.59. The molecule has 3 aromatic carbocycles. The number of ether oxygens (including phenoxy) is 3. The van der Waals surface area contributed by atoms with Gasteiger partial charge in [-0.05, 0) is 59.7 Å². The lowest BCUT2D eigenvalue weighted by molar-refractivity contribution is -0.188. The van der Waals surface area contributed by atoms with Crippen molar-refractivity contribution in [3.05, 3.63) is 99.2 Å². The van der Waals surface area contributed by atoms with Gasteiger partial charge in [0.05, 0.1) is 28.4 Å². The average Bonchev–Trinajstić information content (AvgIpc) is 2.92. The zero-order valence-electron chi connectivity index (χ0n) is 20.9. The lowest BCUT2D eigenvalue weighted by atomic mass is 10.1. The van der Waals surface area contributed by atoms with E-state index >= 15 is 0 Å². The molecule has 0 aliphatic heterocycles. The summed E-state index contributed by atoms with van der Waals surface area (Å²) >= 11 is 12.2. The molecule has 0 aliphatic carbocycles. The van der Waals surface area contributed by atoms with Gasteiger partial charge in [-0.15, -0.1) is 0 Å². The van der Waals surface area contributed by atoms with Gasteiger partial charge in [0.2, 0.25) is 0 Å². The first-order valence-electron chi connectivity index (χ1n) is 11.8. The minimum Gasteiger partial charge on any atom is -0.497 e. The van der Waals surface area contributed by atoms with Crippen molar-refractivity contribution in [1.29, 1.82) is 0 Å². The molecule has 4 aromatic rings. The Bertz CT molecular complexity index is 1560. The van der Waals surface area contributed by atoms with Crippen LogP contribution in [0.15, 0.2) is 66.7 Å². The van der Waals surface area contributed by atoms with Crippen molar-refractivity contribution in [1.82, 2.24) is 4.98 Å². The Hall–Kier alpha value is -3.79. The lowest BCUT2D eigenvalue weighted by Gasteiger charge is -2.21. The zero-order valence-corrected chi connectivity index (χ0v) is 22.4. The molecule has 0 fully saturated rings. The second kappa shape index (κ2) is 12.6. The van der Waals surface area contributed by atoms with Crippen LogP contribution in [0, 0.1) is 0 Å². The Morgan fingerprint density at radius 1 is 1.02 bits per heavy atom. The average molecular weight is 592 g/mol. The van der Waals surface area contributed by atoms with Crippen LogP contribution in [0.1, 0.15) is 33.3 Å². The van der Waals surface area contributed by atoms with Crippen LogP contribution in [-0.4, -0.2) is 42.6 Å². The van der Waals surface area contributed by atoms with Crippen molar-refractivity contribution in [3.63, 3.8) is 0 Å². The zero-order chi connectivity index (χ0) is 28.9. The normalized spacial score (nSPS) is 12.6. The SMILES string of the molecule is COc1ccc(OC[C@H](OCC(F)(F)F)c2cccc(/C=C/c3ccc4cc(Cl)c(Cl)cc4n3)c2)c(C(=O)O)c1. The van der Waals surface area contributed by atoms with Crippen LogP contribution in [0.5, 0.6) is 11.5 Å². The van der Waals surface area contributed by atoms with Crippen molar-refractivity contribution < 1.29 is 37.3 Å². The molecule has 0 amide bonds. The summed E-state index contributed by atoms with van der Waals surface area (Å²) in [5, 5.41) is 11.1. The number of pyridine rings is 1. The van der Waals surface area contributed by atoms with Gasteiger partial charge >= 0.3 is 12.1 Å². The largest absolute Gasteiger partial charge is 0.497 e. The van der Waals surface area contributed by atoms with Gasteiger partial charge in [-0.2, -0.15) is 13.2 Å². The van der Waals surface area contributed by atoms with E-state index in [2.05, 4.69) is 4.98 Å². The summed E-state index contributed by atoms with van der Waals surface area (Å²) in [5.41, 5.74) is 2.17. The first-order chi connectivity index (χ1) is 19.0. The number of nitrogens with zero attached hydrogens (tertiary/aromatic N) is 1. The summed E-state index contributed by atoms with van der Waals surface area (Å²) in [6.45, 7) is -1.88. The summed E-state index contributed by atoms with van der Waals surface area (Å²) in [4.78, 5) is 16.2. The van der Waals surface area contributed by atoms with Gasteiger partial charge in [0.15, 0.2) is 0 Å². The molecule has 0 spiro atoms. The summed E-state index contributed by atoms with van der Waals surface area (Å²) in [5.74, 6) is -1.02. The van der Waals surface area contributed by atoms with Crippen LogP contribution in [0.2, 0.25) is 10.0 Å². The minimum atomic E-state index is -4.57. The number of rotatable bonds is 10. The number of carboxylic acids is 1. The van der Waals surface area contributed by atoms with Gasteiger partial charge in [0.25, 0.3) is 0 Å². The third-order valence-electron chi connectivity index (χ3n) is 5.74. The van der Waals surface area contributed by atoms with Gasteiger partial charge in [0.1, 0.15) is 36.4 Å². The van der Waals surface area contributed by atoms with E-state index in [4.69, 9.17) is 37.4 Å². The number of benzene rings is 3. The highest BCUT2D eigenvalue weighted by atomic mass is 35.5. The van der Waals surface area contributed by atoms with E-state index < -0.39 is 24.9 Å². The quantitative estimate of drug-likeness (QED) is 0.201. The number of aromatic nitrogens is 1. The molecule has 40 heavy (non-hydrogen) atoms. The van der Waals surface area contributed by atoms with E-state index in [0.717, 1.165) is 5.39 Å². The molecule has 1 aromatic heterocycles. The van der Waals surface area contributed by atoms with Crippen LogP contribution in [0.4, 0.5) is 13.2 Å². The van der Waals surface area contributed by atoms with Crippen molar-refractivity contribution in [2.24, 2.45) is 0 Å². The number of fused-ring (bicyclic) bond motifs is 1. The minimum absolute atomic E-state index is 0.0336. The van der Waals surface area contributed by atoms with Gasteiger partial charge in [0, 0.05) is 5.39 Å². The highest BCUT2D eigenvalue weighted by Gasteiger charge is 2.30. The highest BCUT2D eigenvalue weighted by Crippen LogP contribution is 2.29. The van der Waals surface area contributed by atoms with Crippen LogP contribution >= 0.6 is 23.2 Å². The van der Waals surface area contributed by atoms with E-state index in [-0.39, 0.29) is 17.9 Å². The maximum atomic E-state index is 13.0. The van der Waals surface area contributed by atoms with E-state index in [1.54, 1.807) is 54.6 Å². The fraction of sp³-hybridized carbons (Fsp3) is 0.172. The van der Waals surface area contributed by atoms with E-state index in [1.165, 1.54) is 25.3 Å². The molecular formula is C29H22Cl2F3NO5. The second-order valence-corrected chi connectivity index (χ2v) is 9.41. The summed E-state index contributed by atoms with van der Waals surface area (Å²) in [6, 6.07) is 17.9. The molecule has 0 unspecified atom stereocenters. The van der Waals surface area contributed by atoms with Crippen molar-refractivity contribution >= 4 is 52.2 Å². The molecule has 6 nitrogen and oxygen atoms in total. The molecule has 1 N–H and O–H groups in total. The van der Waals surface area contributed by atoms with Gasteiger partial charge in [-0.25, -0.2) is 9.78 Å². The Kier molecular flexibility index (Phi) is 9.19. The summed E-state index contributed by atoms with van der Waals surface area (Å²) < 4.78 is 54.8. The molecule has 0 saturated heterocycles. The molecular weight excluding hydrogens is 570 g/mol. The van der Waals surface area contributed by atoms with Gasteiger partial charge in [-0.1, -0.05) is 53.5 Å². The van der Waals surface area contributed by atoms with Crippen molar-refractivity contribution in [2.45, 2.75) is 12.3 Å². The Morgan fingerprint density at radius 2 is 1.80 bits per heavy atom. The van der Waals surface area contributed by atoms with Crippen LogP contribution in [0.25, 0.3) is 23.1 Å². The fourth-order valence-electron chi connectivity index (χ4n) is 3.80. The fourth-order valence-corrected chi connectivity index (χ4v) is 4.13. The smallest absolute Gasteiger partial charge is 0.411 e. The topological polar surface area (TPSA) is 77.9 Å². The number of carboxylic acid groups (broad SMARTS) is 1.